The molecule has 0 aromatic heterocycles. The normalized spacial score (nSPS) is 7.50. The van der Waals surface area contributed by atoms with Gasteiger partial charge < -0.3 is 9.78 Å². The molecule has 0 radical (unpaired) electrons. The molecule has 0 saturated carbocycles. The van der Waals surface area contributed by atoms with Gasteiger partial charge in [0.05, 0.1) is 0 Å². The zero-order chi connectivity index (χ0) is 6.24. The Balaban J connectivity index is 2.71. The van der Waals surface area contributed by atoms with E-state index in [0.717, 1.165) is 12.5 Å². The van der Waals surface area contributed by atoms with Gasteiger partial charge in [-0.3, -0.25) is 0 Å². The van der Waals surface area contributed by atoms with Crippen LogP contribution in [0.15, 0.2) is 25.7 Å². The molecule has 4 heteroatoms. The van der Waals surface area contributed by atoms with Crippen LogP contribution in [-0.2, 0) is 19.9 Å². The zero-order valence-corrected chi connectivity index (χ0v) is 4.20. The molecule has 0 heterocycles. The third-order valence-electron chi connectivity index (χ3n) is 0.242. The Bertz CT molecular complexity index is 60.4. The van der Waals surface area contributed by atoms with Crippen molar-refractivity contribution in [2.24, 2.45) is 0 Å². The lowest BCUT2D eigenvalue weighted by molar-refractivity contribution is -0.607. The van der Waals surface area contributed by atoms with Crippen molar-refractivity contribution in [2.45, 2.75) is 0 Å². The molecule has 0 unspecified atom stereocenters. The maximum absolute atomic E-state index is 4.00. The van der Waals surface area contributed by atoms with Gasteiger partial charge in [0, 0.05) is 10.1 Å². The monoisotopic (exact) mass is 118 g/mol. The second-order valence-corrected chi connectivity index (χ2v) is 0.662. The molecule has 0 fully saturated rings. The lowest BCUT2D eigenvalue weighted by atomic mass is 11.2. The molecule has 0 aromatic carbocycles. The van der Waals surface area contributed by atoms with Crippen LogP contribution in [0.1, 0.15) is 0 Å². The first-order valence-corrected chi connectivity index (χ1v) is 1.79. The van der Waals surface area contributed by atoms with Gasteiger partial charge in [-0.1, -0.05) is 13.2 Å². The van der Waals surface area contributed by atoms with Crippen molar-refractivity contribution in [3.05, 3.63) is 25.7 Å². The average molecular weight is 118 g/mol. The molecule has 0 saturated heterocycles. The fourth-order valence-corrected chi connectivity index (χ4v) is 0.0876. The molecule has 0 spiro atoms. The molecule has 0 aliphatic rings. The van der Waals surface area contributed by atoms with Crippen molar-refractivity contribution in [2.75, 3.05) is 0 Å². The minimum absolute atomic E-state index is 1.03. The topological polar surface area (TPSA) is 36.9 Å². The van der Waals surface area contributed by atoms with Crippen LogP contribution >= 0.6 is 0 Å². The SMILES string of the molecule is C=COOOOC=C. The third kappa shape index (κ3) is 5.00. The van der Waals surface area contributed by atoms with Crippen LogP contribution in [0.2, 0.25) is 0 Å². The van der Waals surface area contributed by atoms with E-state index in [2.05, 4.69) is 33.0 Å². The predicted molar refractivity (Wildman–Crippen MR) is 24.7 cm³/mol. The Kier molecular flexibility index (Phi) is 5.25. The highest BCUT2D eigenvalue weighted by atomic mass is 17.7. The van der Waals surface area contributed by atoms with Crippen LogP contribution in [0.5, 0.6) is 0 Å². The summed E-state index contributed by atoms with van der Waals surface area (Å²) >= 11 is 0. The minimum Gasteiger partial charge on any atom is -0.314 e. The molecule has 46 valence electrons. The van der Waals surface area contributed by atoms with Crippen LogP contribution in [0.4, 0.5) is 0 Å². The van der Waals surface area contributed by atoms with E-state index in [1.54, 1.807) is 0 Å². The first-order chi connectivity index (χ1) is 3.91. The summed E-state index contributed by atoms with van der Waals surface area (Å²) in [5.74, 6) is 0. The lowest BCUT2D eigenvalue weighted by Gasteiger charge is -1.92. The lowest BCUT2D eigenvalue weighted by Crippen LogP contribution is -1.87. The fraction of sp³-hybridized carbons (Fsp3) is 0. The van der Waals surface area contributed by atoms with Gasteiger partial charge in [-0.2, -0.15) is 0 Å². The van der Waals surface area contributed by atoms with E-state index in [0.29, 0.717) is 0 Å². The molecular weight excluding hydrogens is 112 g/mol. The van der Waals surface area contributed by atoms with Crippen LogP contribution in [0.25, 0.3) is 0 Å². The summed E-state index contributed by atoms with van der Waals surface area (Å²) in [6.07, 6.45) is 2.07. The molecule has 0 atom stereocenters. The molecule has 0 rings (SSSR count). The molecule has 8 heavy (non-hydrogen) atoms. The maximum atomic E-state index is 4.00. The smallest absolute Gasteiger partial charge is 0.125 e. The zero-order valence-electron chi connectivity index (χ0n) is 4.20. The summed E-state index contributed by atoms with van der Waals surface area (Å²) in [4.78, 5) is 8.01. The summed E-state index contributed by atoms with van der Waals surface area (Å²) in [7, 11) is 0. The fourth-order valence-electron chi connectivity index (χ4n) is 0.0876. The van der Waals surface area contributed by atoms with Crippen LogP contribution in [0.3, 0.4) is 0 Å². The van der Waals surface area contributed by atoms with E-state index in [4.69, 9.17) is 0 Å². The molecule has 0 N–H and O–H groups in total. The molecule has 0 amide bonds. The van der Waals surface area contributed by atoms with Crippen molar-refractivity contribution in [3.63, 3.8) is 0 Å². The van der Waals surface area contributed by atoms with Crippen molar-refractivity contribution in [1.29, 1.82) is 0 Å². The van der Waals surface area contributed by atoms with Gasteiger partial charge in [0.2, 0.25) is 0 Å². The predicted octanol–water partition coefficient (Wildman–Crippen LogP) is 1.08. The van der Waals surface area contributed by atoms with Crippen LogP contribution in [-0.4, -0.2) is 0 Å². The van der Waals surface area contributed by atoms with Gasteiger partial charge in [-0.15, -0.1) is 0 Å². The molecule has 0 aliphatic carbocycles. The Morgan fingerprint density at radius 1 is 0.875 bits per heavy atom. The first-order valence-electron chi connectivity index (χ1n) is 1.79. The number of hydrogen-bond donors (Lipinski definition) is 0. The highest BCUT2D eigenvalue weighted by Crippen LogP contribution is 1.81. The van der Waals surface area contributed by atoms with Gasteiger partial charge in [0.1, 0.15) is 12.5 Å². The van der Waals surface area contributed by atoms with E-state index in [1.165, 1.54) is 0 Å². The van der Waals surface area contributed by atoms with E-state index in [1.807, 2.05) is 0 Å². The molecule has 4 nitrogen and oxygen atoms in total. The largest absolute Gasteiger partial charge is 0.314 e. The molecule has 0 bridgehead atoms. The standard InChI is InChI=1S/C4H6O4/c1-3-5-7-8-6-4-2/h3-4H,1-2H2. The van der Waals surface area contributed by atoms with Crippen molar-refractivity contribution >= 4 is 0 Å². The average Bonchev–Trinajstić information content (AvgIpc) is 1.81. The van der Waals surface area contributed by atoms with Crippen LogP contribution < -0.4 is 0 Å². The van der Waals surface area contributed by atoms with Gasteiger partial charge >= 0.3 is 0 Å². The number of hydrogen-bond acceptors (Lipinski definition) is 4. The van der Waals surface area contributed by atoms with E-state index in [-0.39, 0.29) is 0 Å². The highest BCUT2D eigenvalue weighted by molar-refractivity contribution is 4.42. The van der Waals surface area contributed by atoms with E-state index in [9.17, 15) is 0 Å². The van der Waals surface area contributed by atoms with Crippen LogP contribution in [0, 0.1) is 0 Å². The summed E-state index contributed by atoms with van der Waals surface area (Å²) in [5.41, 5.74) is 0. The van der Waals surface area contributed by atoms with Crippen molar-refractivity contribution in [3.8, 4) is 0 Å². The van der Waals surface area contributed by atoms with Crippen molar-refractivity contribution < 1.29 is 19.9 Å². The van der Waals surface area contributed by atoms with Gasteiger partial charge in [0.25, 0.3) is 0 Å². The Morgan fingerprint density at radius 2 is 1.25 bits per heavy atom. The second-order valence-electron chi connectivity index (χ2n) is 0.662. The number of rotatable bonds is 5. The van der Waals surface area contributed by atoms with Gasteiger partial charge in [-0.05, 0) is 0 Å². The summed E-state index contributed by atoms with van der Waals surface area (Å²) in [6.45, 7) is 6.30. The highest BCUT2D eigenvalue weighted by Gasteiger charge is 1.77. The van der Waals surface area contributed by atoms with E-state index >= 15 is 0 Å². The molecule has 0 aliphatic heterocycles. The first kappa shape index (κ1) is 7.00. The Hall–Kier alpha value is -1.00. The molecular formula is C4H6O4. The summed E-state index contributed by atoms with van der Waals surface area (Å²) in [5, 5.41) is 7.62. The van der Waals surface area contributed by atoms with E-state index < -0.39 is 0 Å². The Morgan fingerprint density at radius 3 is 1.50 bits per heavy atom. The Labute approximate surface area is 46.7 Å². The van der Waals surface area contributed by atoms with Gasteiger partial charge in [0.15, 0.2) is 0 Å². The minimum atomic E-state index is 1.03. The second kappa shape index (κ2) is 6.00. The quantitative estimate of drug-likeness (QED) is 0.234. The van der Waals surface area contributed by atoms with Crippen molar-refractivity contribution in [1.82, 2.24) is 0 Å². The third-order valence-corrected chi connectivity index (χ3v) is 0.242. The van der Waals surface area contributed by atoms with Gasteiger partial charge in [-0.25, -0.2) is 0 Å². The summed E-state index contributed by atoms with van der Waals surface area (Å²) in [6, 6.07) is 0. The summed E-state index contributed by atoms with van der Waals surface area (Å²) < 4.78 is 0. The maximum Gasteiger partial charge on any atom is 0.125 e. The molecule has 0 aromatic rings.